The summed E-state index contributed by atoms with van der Waals surface area (Å²) in [5.74, 6) is -1.76. The van der Waals surface area contributed by atoms with Crippen LogP contribution in [0.15, 0.2) is 78.9 Å². The molecule has 3 aromatic rings. The lowest BCUT2D eigenvalue weighted by molar-refractivity contribution is -0.141. The molecule has 1 atom stereocenters. The van der Waals surface area contributed by atoms with Gasteiger partial charge < -0.3 is 10.2 Å². The maximum atomic E-state index is 13.5. The minimum atomic E-state index is -0.802. The van der Waals surface area contributed by atoms with E-state index in [0.717, 1.165) is 10.5 Å². The molecule has 8 heteroatoms. The number of benzene rings is 3. The van der Waals surface area contributed by atoms with E-state index in [2.05, 4.69) is 5.32 Å². The summed E-state index contributed by atoms with van der Waals surface area (Å²) in [6, 6.07) is 21.0. The highest BCUT2D eigenvalue weighted by Crippen LogP contribution is 2.23. The Hall–Kier alpha value is -4.33. The minimum absolute atomic E-state index is 0.0247. The summed E-state index contributed by atoms with van der Waals surface area (Å²) < 4.78 is 13.5. The molecule has 0 fully saturated rings. The van der Waals surface area contributed by atoms with Crippen LogP contribution in [0.25, 0.3) is 0 Å². The first-order valence-corrected chi connectivity index (χ1v) is 12.1. The lowest BCUT2D eigenvalue weighted by atomic mass is 10.0. The van der Waals surface area contributed by atoms with Crippen LogP contribution in [0, 0.1) is 5.82 Å². The molecule has 1 aliphatic rings. The van der Waals surface area contributed by atoms with E-state index < -0.39 is 11.9 Å². The van der Waals surface area contributed by atoms with Gasteiger partial charge in [-0.2, -0.15) is 0 Å². The van der Waals surface area contributed by atoms with Crippen molar-refractivity contribution < 1.29 is 23.6 Å². The van der Waals surface area contributed by atoms with Crippen molar-refractivity contribution in [2.24, 2.45) is 0 Å². The van der Waals surface area contributed by atoms with Crippen LogP contribution in [0.5, 0.6) is 0 Å². The number of nitrogens with one attached hydrogen (secondary N) is 1. The molecule has 7 nitrogen and oxygen atoms in total. The zero-order valence-electron chi connectivity index (χ0n) is 20.5. The van der Waals surface area contributed by atoms with Crippen molar-refractivity contribution in [3.63, 3.8) is 0 Å². The van der Waals surface area contributed by atoms with Gasteiger partial charge in [0.2, 0.25) is 11.8 Å². The Bertz CT molecular complexity index is 1260. The van der Waals surface area contributed by atoms with Crippen LogP contribution < -0.4 is 5.32 Å². The van der Waals surface area contributed by atoms with Crippen LogP contribution in [0.4, 0.5) is 4.39 Å². The van der Waals surface area contributed by atoms with E-state index in [1.807, 2.05) is 30.3 Å². The number of carbonyl (C=O) groups is 4. The van der Waals surface area contributed by atoms with Crippen molar-refractivity contribution in [1.29, 1.82) is 0 Å². The van der Waals surface area contributed by atoms with Gasteiger partial charge in [0.1, 0.15) is 11.9 Å². The lowest BCUT2D eigenvalue weighted by Gasteiger charge is -2.31. The van der Waals surface area contributed by atoms with Crippen molar-refractivity contribution in [3.05, 3.63) is 107 Å². The number of fused-ring (bicyclic) bond motifs is 1. The average Bonchev–Trinajstić information content (AvgIpc) is 3.16. The van der Waals surface area contributed by atoms with Gasteiger partial charge in [-0.25, -0.2) is 4.39 Å². The number of nitrogens with zero attached hydrogens (tertiary/aromatic N) is 2. The van der Waals surface area contributed by atoms with Crippen molar-refractivity contribution in [3.8, 4) is 0 Å². The van der Waals surface area contributed by atoms with Crippen molar-refractivity contribution in [1.82, 2.24) is 15.1 Å². The minimum Gasteiger partial charge on any atom is -0.357 e. The Morgan fingerprint density at radius 2 is 1.46 bits per heavy atom. The fourth-order valence-electron chi connectivity index (χ4n) is 4.48. The number of imide groups is 1. The maximum absolute atomic E-state index is 13.5. The van der Waals surface area contributed by atoms with Crippen LogP contribution >= 0.6 is 0 Å². The fraction of sp³-hybridized carbons (Fsp3) is 0.241. The summed E-state index contributed by atoms with van der Waals surface area (Å²) >= 11 is 0. The van der Waals surface area contributed by atoms with E-state index >= 15 is 0 Å². The van der Waals surface area contributed by atoms with Crippen LogP contribution in [0.3, 0.4) is 0 Å². The molecule has 1 heterocycles. The standard InChI is InChI=1S/C29H28FN3O4/c1-31-27(35)25(18-20-8-3-2-4-9-20)33(19-21-13-15-22(30)16-14-21)26(34)12-7-17-32-28(36)23-10-5-6-11-24(23)29(32)37/h2-6,8-11,13-16,25H,7,12,17-19H2,1H3,(H,31,35)/t25-/m0/s1. The molecule has 0 saturated carbocycles. The van der Waals surface area contributed by atoms with Gasteiger partial charge >= 0.3 is 0 Å². The fourth-order valence-corrected chi connectivity index (χ4v) is 4.48. The second-order valence-corrected chi connectivity index (χ2v) is 8.88. The molecule has 37 heavy (non-hydrogen) atoms. The van der Waals surface area contributed by atoms with Gasteiger partial charge in [0.25, 0.3) is 11.8 Å². The van der Waals surface area contributed by atoms with Crippen LogP contribution in [0.1, 0.15) is 44.7 Å². The summed E-state index contributed by atoms with van der Waals surface area (Å²) in [5, 5.41) is 2.65. The highest BCUT2D eigenvalue weighted by atomic mass is 19.1. The molecule has 1 aliphatic heterocycles. The van der Waals surface area contributed by atoms with Gasteiger partial charge in [-0.15, -0.1) is 0 Å². The van der Waals surface area contributed by atoms with Crippen LogP contribution in [0.2, 0.25) is 0 Å². The van der Waals surface area contributed by atoms with E-state index in [1.54, 1.807) is 36.4 Å². The number of halogens is 1. The molecule has 0 radical (unpaired) electrons. The topological polar surface area (TPSA) is 86.8 Å². The van der Waals surface area contributed by atoms with Crippen LogP contribution in [-0.4, -0.2) is 53.1 Å². The Labute approximate surface area is 214 Å². The average molecular weight is 502 g/mol. The van der Waals surface area contributed by atoms with E-state index in [9.17, 15) is 23.6 Å². The quantitative estimate of drug-likeness (QED) is 0.430. The van der Waals surface area contributed by atoms with Crippen molar-refractivity contribution in [2.75, 3.05) is 13.6 Å². The largest absolute Gasteiger partial charge is 0.357 e. The monoisotopic (exact) mass is 501 g/mol. The van der Waals surface area contributed by atoms with Gasteiger partial charge in [0.05, 0.1) is 11.1 Å². The zero-order chi connectivity index (χ0) is 26.4. The number of hydrogen-bond donors (Lipinski definition) is 1. The zero-order valence-corrected chi connectivity index (χ0v) is 20.5. The van der Waals surface area contributed by atoms with Crippen molar-refractivity contribution >= 4 is 23.6 Å². The van der Waals surface area contributed by atoms with E-state index in [4.69, 9.17) is 0 Å². The Balaban J connectivity index is 1.51. The molecule has 0 aliphatic carbocycles. The van der Waals surface area contributed by atoms with E-state index in [-0.39, 0.29) is 49.6 Å². The first kappa shape index (κ1) is 25.8. The van der Waals surface area contributed by atoms with E-state index in [1.165, 1.54) is 24.1 Å². The molecule has 4 amide bonds. The first-order chi connectivity index (χ1) is 17.9. The maximum Gasteiger partial charge on any atom is 0.261 e. The Morgan fingerprint density at radius 3 is 2.05 bits per heavy atom. The first-order valence-electron chi connectivity index (χ1n) is 12.1. The predicted octanol–water partition coefficient (Wildman–Crippen LogP) is 3.59. The summed E-state index contributed by atoms with van der Waals surface area (Å²) in [4.78, 5) is 54.4. The molecular formula is C29H28FN3O4. The summed E-state index contributed by atoms with van der Waals surface area (Å²) in [5.41, 5.74) is 2.29. The SMILES string of the molecule is CNC(=O)[C@H](Cc1ccccc1)N(Cc1ccc(F)cc1)C(=O)CCCN1C(=O)c2ccccc2C1=O. The molecule has 190 valence electrons. The molecule has 3 aromatic carbocycles. The molecule has 4 rings (SSSR count). The second kappa shape index (κ2) is 11.6. The van der Waals surface area contributed by atoms with Gasteiger partial charge in [0.15, 0.2) is 0 Å². The third-order valence-corrected chi connectivity index (χ3v) is 6.43. The number of likely N-dealkylation sites (N-methyl/N-ethyl adjacent to an activating group) is 1. The third-order valence-electron chi connectivity index (χ3n) is 6.43. The smallest absolute Gasteiger partial charge is 0.261 e. The number of carbonyl (C=O) groups excluding carboxylic acids is 4. The number of amides is 4. The highest BCUT2D eigenvalue weighted by Gasteiger charge is 2.35. The second-order valence-electron chi connectivity index (χ2n) is 8.88. The highest BCUT2D eigenvalue weighted by molar-refractivity contribution is 6.21. The van der Waals surface area contributed by atoms with E-state index in [0.29, 0.717) is 23.1 Å². The molecule has 0 saturated heterocycles. The molecule has 0 bridgehead atoms. The van der Waals surface area contributed by atoms with Gasteiger partial charge in [-0.05, 0) is 41.8 Å². The lowest BCUT2D eigenvalue weighted by Crippen LogP contribution is -2.49. The molecular weight excluding hydrogens is 473 g/mol. The third kappa shape index (κ3) is 5.91. The number of hydrogen-bond acceptors (Lipinski definition) is 4. The Morgan fingerprint density at radius 1 is 0.865 bits per heavy atom. The summed E-state index contributed by atoms with van der Waals surface area (Å²) in [6.07, 6.45) is 0.568. The van der Waals surface area contributed by atoms with Gasteiger partial charge in [-0.1, -0.05) is 54.6 Å². The van der Waals surface area contributed by atoms with Crippen molar-refractivity contribution in [2.45, 2.75) is 31.8 Å². The molecule has 0 spiro atoms. The Kier molecular flexibility index (Phi) is 8.08. The van der Waals surface area contributed by atoms with Crippen LogP contribution in [-0.2, 0) is 22.6 Å². The molecule has 1 N–H and O–H groups in total. The predicted molar refractivity (Wildman–Crippen MR) is 136 cm³/mol. The van der Waals surface area contributed by atoms with Gasteiger partial charge in [0, 0.05) is 33.0 Å². The van der Waals surface area contributed by atoms with Gasteiger partial charge in [-0.3, -0.25) is 24.1 Å². The summed E-state index contributed by atoms with van der Waals surface area (Å²) in [7, 11) is 1.52. The molecule has 0 aromatic heterocycles. The number of rotatable bonds is 10. The summed E-state index contributed by atoms with van der Waals surface area (Å²) in [6.45, 7) is 0.197. The molecule has 0 unspecified atom stereocenters. The normalized spacial score (nSPS) is 13.3.